The van der Waals surface area contributed by atoms with Crippen LogP contribution < -0.4 is 28.6 Å². The van der Waals surface area contributed by atoms with Gasteiger partial charge >= 0.3 is 0 Å². The molecule has 2 aromatic rings. The second-order valence-electron chi connectivity index (χ2n) is 6.99. The fourth-order valence-corrected chi connectivity index (χ4v) is 3.46. The number of anilines is 1. The largest absolute Gasteiger partial charge is 0.493 e. The average molecular weight is 467 g/mol. The van der Waals surface area contributed by atoms with Crippen molar-refractivity contribution in [3.63, 3.8) is 0 Å². The summed E-state index contributed by atoms with van der Waals surface area (Å²) in [6, 6.07) is 10.0. The van der Waals surface area contributed by atoms with Crippen molar-refractivity contribution in [3.05, 3.63) is 42.0 Å². The van der Waals surface area contributed by atoms with E-state index in [2.05, 4.69) is 5.32 Å². The number of ether oxygens (including phenoxy) is 4. The van der Waals surface area contributed by atoms with Crippen molar-refractivity contribution >= 4 is 21.6 Å². The van der Waals surface area contributed by atoms with Crippen molar-refractivity contribution in [1.82, 2.24) is 5.32 Å². The van der Waals surface area contributed by atoms with Gasteiger partial charge in [0.2, 0.25) is 15.8 Å². The van der Waals surface area contributed by atoms with Gasteiger partial charge in [-0.15, -0.1) is 0 Å². The third-order valence-corrected chi connectivity index (χ3v) is 6.04. The number of amides is 1. The van der Waals surface area contributed by atoms with Crippen molar-refractivity contribution in [2.75, 3.05) is 38.9 Å². The number of benzene rings is 2. The lowest BCUT2D eigenvalue weighted by Crippen LogP contribution is -2.37. The maximum Gasteiger partial charge on any atom is 0.261 e. The molecule has 0 saturated carbocycles. The summed E-state index contributed by atoms with van der Waals surface area (Å²) in [5.41, 5.74) is 1.27. The van der Waals surface area contributed by atoms with Crippen LogP contribution in [-0.2, 0) is 21.4 Å². The van der Waals surface area contributed by atoms with E-state index in [1.165, 1.54) is 28.4 Å². The molecule has 0 aliphatic rings. The molecule has 0 aliphatic carbocycles. The number of carbonyl (C=O) groups excluding carboxylic acids is 1. The molecule has 1 N–H and O–H groups in total. The Kier molecular flexibility index (Phi) is 8.59. The molecule has 0 radical (unpaired) electrons. The molecule has 32 heavy (non-hydrogen) atoms. The first-order valence-corrected chi connectivity index (χ1v) is 11.8. The highest BCUT2D eigenvalue weighted by Crippen LogP contribution is 2.38. The van der Waals surface area contributed by atoms with Gasteiger partial charge in [0, 0.05) is 13.6 Å². The predicted molar refractivity (Wildman–Crippen MR) is 122 cm³/mol. The third-order valence-electron chi connectivity index (χ3n) is 4.83. The number of nitrogens with one attached hydrogen (secondary N) is 1. The van der Waals surface area contributed by atoms with Crippen molar-refractivity contribution in [2.45, 2.75) is 26.0 Å². The van der Waals surface area contributed by atoms with Crippen molar-refractivity contribution in [1.29, 1.82) is 0 Å². The number of rotatable bonds is 11. The summed E-state index contributed by atoms with van der Waals surface area (Å²) in [4.78, 5) is 12.7. The number of carbonyl (C=O) groups is 1. The molecule has 0 saturated heterocycles. The number of hydrogen-bond donors (Lipinski definition) is 1. The summed E-state index contributed by atoms with van der Waals surface area (Å²) >= 11 is 0. The van der Waals surface area contributed by atoms with Gasteiger partial charge in [0.05, 0.1) is 33.3 Å². The molecule has 1 amide bonds. The van der Waals surface area contributed by atoms with Gasteiger partial charge in [0.25, 0.3) is 5.91 Å². The lowest BCUT2D eigenvalue weighted by atomic mass is 10.1. The van der Waals surface area contributed by atoms with Crippen LogP contribution in [0.15, 0.2) is 36.4 Å². The lowest BCUT2D eigenvalue weighted by Gasteiger charge is -2.20. The Bertz CT molecular complexity index is 998. The molecule has 0 spiro atoms. The van der Waals surface area contributed by atoms with Gasteiger partial charge < -0.3 is 24.3 Å². The standard InChI is InChI=1S/C22H30N2O7S/c1-7-18(31-17-10-8-16(9-11-17)24(2)32(6,26)27)22(25)23-14-15-12-19(28-3)21(30-5)20(13-15)29-4/h8-13,18H,7,14H2,1-6H3,(H,23,25)/t18-/m0/s1. The van der Waals surface area contributed by atoms with Gasteiger partial charge in [0.15, 0.2) is 17.6 Å². The quantitative estimate of drug-likeness (QED) is 0.543. The summed E-state index contributed by atoms with van der Waals surface area (Å²) in [7, 11) is 2.69. The van der Waals surface area contributed by atoms with Crippen LogP contribution in [-0.4, -0.2) is 55.1 Å². The van der Waals surface area contributed by atoms with Gasteiger partial charge in [-0.05, 0) is 48.4 Å². The minimum Gasteiger partial charge on any atom is -0.493 e. The Balaban J connectivity index is 2.06. The number of methoxy groups -OCH3 is 3. The zero-order valence-corrected chi connectivity index (χ0v) is 20.0. The van der Waals surface area contributed by atoms with E-state index in [1.54, 1.807) is 36.4 Å². The van der Waals surface area contributed by atoms with Gasteiger partial charge in [-0.25, -0.2) is 8.42 Å². The Morgan fingerprint density at radius 2 is 1.59 bits per heavy atom. The van der Waals surface area contributed by atoms with E-state index < -0.39 is 16.1 Å². The van der Waals surface area contributed by atoms with E-state index in [9.17, 15) is 13.2 Å². The number of nitrogens with zero attached hydrogens (tertiary/aromatic N) is 1. The van der Waals surface area contributed by atoms with Crippen LogP contribution >= 0.6 is 0 Å². The zero-order chi connectivity index (χ0) is 23.9. The highest BCUT2D eigenvalue weighted by molar-refractivity contribution is 7.92. The first-order chi connectivity index (χ1) is 15.1. The van der Waals surface area contributed by atoms with Gasteiger partial charge in [-0.3, -0.25) is 9.10 Å². The van der Waals surface area contributed by atoms with Crippen LogP contribution in [0.1, 0.15) is 18.9 Å². The SMILES string of the molecule is CC[C@H](Oc1ccc(N(C)S(C)(=O)=O)cc1)C(=O)NCc1cc(OC)c(OC)c(OC)c1. The van der Waals surface area contributed by atoms with Crippen LogP contribution in [0.25, 0.3) is 0 Å². The second kappa shape index (κ2) is 10.9. The predicted octanol–water partition coefficient (Wildman–Crippen LogP) is 2.58. The van der Waals surface area contributed by atoms with Crippen molar-refractivity contribution in [2.24, 2.45) is 0 Å². The highest BCUT2D eigenvalue weighted by Gasteiger charge is 2.20. The van der Waals surface area contributed by atoms with Crippen molar-refractivity contribution < 1.29 is 32.2 Å². The maximum absolute atomic E-state index is 12.7. The Labute approximate surface area is 189 Å². The van der Waals surface area contributed by atoms with E-state index in [4.69, 9.17) is 18.9 Å². The van der Waals surface area contributed by atoms with E-state index in [1.807, 2.05) is 6.92 Å². The Morgan fingerprint density at radius 1 is 1.03 bits per heavy atom. The number of hydrogen-bond acceptors (Lipinski definition) is 7. The molecule has 0 aromatic heterocycles. The fourth-order valence-electron chi connectivity index (χ4n) is 2.95. The van der Waals surface area contributed by atoms with E-state index in [0.717, 1.165) is 16.1 Å². The Hall–Kier alpha value is -3.14. The molecule has 9 nitrogen and oxygen atoms in total. The molecule has 2 rings (SSSR count). The molecule has 0 bridgehead atoms. The molecule has 0 fully saturated rings. The van der Waals surface area contributed by atoms with E-state index in [-0.39, 0.29) is 12.5 Å². The molecule has 10 heteroatoms. The molecular formula is C22H30N2O7S. The first-order valence-electron chi connectivity index (χ1n) is 9.91. The molecule has 0 aliphatic heterocycles. The topological polar surface area (TPSA) is 103 Å². The van der Waals surface area contributed by atoms with Gasteiger partial charge in [-0.1, -0.05) is 6.92 Å². The molecular weight excluding hydrogens is 436 g/mol. The highest BCUT2D eigenvalue weighted by atomic mass is 32.2. The number of sulfonamides is 1. The monoisotopic (exact) mass is 466 g/mol. The summed E-state index contributed by atoms with van der Waals surface area (Å²) in [6.45, 7) is 2.09. The van der Waals surface area contributed by atoms with E-state index in [0.29, 0.717) is 35.1 Å². The second-order valence-corrected chi connectivity index (χ2v) is 9.00. The van der Waals surface area contributed by atoms with E-state index >= 15 is 0 Å². The van der Waals surface area contributed by atoms with Crippen LogP contribution in [0.5, 0.6) is 23.0 Å². The average Bonchev–Trinajstić information content (AvgIpc) is 2.79. The van der Waals surface area contributed by atoms with Crippen molar-refractivity contribution in [3.8, 4) is 23.0 Å². The summed E-state index contributed by atoms with van der Waals surface area (Å²) in [5, 5.41) is 2.86. The van der Waals surface area contributed by atoms with Crippen LogP contribution in [0.4, 0.5) is 5.69 Å². The maximum atomic E-state index is 12.7. The van der Waals surface area contributed by atoms with Gasteiger partial charge in [0.1, 0.15) is 5.75 Å². The molecule has 1 atom stereocenters. The molecule has 176 valence electrons. The summed E-state index contributed by atoms with van der Waals surface area (Å²) in [5.74, 6) is 1.66. The molecule has 0 unspecified atom stereocenters. The van der Waals surface area contributed by atoms with Crippen LogP contribution in [0.3, 0.4) is 0 Å². The minimum atomic E-state index is -3.36. The normalized spacial score (nSPS) is 11.9. The van der Waals surface area contributed by atoms with Crippen LogP contribution in [0.2, 0.25) is 0 Å². The lowest BCUT2D eigenvalue weighted by molar-refractivity contribution is -0.128. The summed E-state index contributed by atoms with van der Waals surface area (Å²) < 4.78 is 46.3. The minimum absolute atomic E-state index is 0.244. The smallest absolute Gasteiger partial charge is 0.261 e. The van der Waals surface area contributed by atoms with Crippen LogP contribution in [0, 0.1) is 0 Å². The fraction of sp³-hybridized carbons (Fsp3) is 0.409. The first kappa shape index (κ1) is 25.1. The summed E-state index contributed by atoms with van der Waals surface area (Å²) in [6.07, 6.45) is 0.866. The Morgan fingerprint density at radius 3 is 2.03 bits per heavy atom. The molecule has 0 heterocycles. The third kappa shape index (κ3) is 6.19. The van der Waals surface area contributed by atoms with Gasteiger partial charge in [-0.2, -0.15) is 0 Å². The zero-order valence-electron chi connectivity index (χ0n) is 19.2. The molecule has 2 aromatic carbocycles.